The van der Waals surface area contributed by atoms with E-state index < -0.39 is 35.4 Å². The molecular weight excluding hydrogens is 488 g/mol. The number of rotatable bonds is 7. The Hall–Kier alpha value is -2.49. The fourth-order valence-electron chi connectivity index (χ4n) is 4.22. The number of aryl methyl sites for hydroxylation is 1. The molecule has 0 radical (unpaired) electrons. The van der Waals surface area contributed by atoms with E-state index in [1.807, 2.05) is 64.4 Å². The van der Waals surface area contributed by atoms with Gasteiger partial charge in [-0.1, -0.05) is 45.0 Å². The molecule has 10 heteroatoms. The smallest absolute Gasteiger partial charge is 0.246 e. The second-order valence-electron chi connectivity index (χ2n) is 10.0. The third-order valence-electron chi connectivity index (χ3n) is 6.18. The van der Waals surface area contributed by atoms with Gasteiger partial charge in [0.05, 0.1) is 28.2 Å². The van der Waals surface area contributed by atoms with Crippen LogP contribution in [0.25, 0.3) is 10.4 Å². The minimum atomic E-state index is -0.880. The molecule has 35 heavy (non-hydrogen) atoms. The van der Waals surface area contributed by atoms with Crippen molar-refractivity contribution in [1.82, 2.24) is 20.5 Å². The van der Waals surface area contributed by atoms with Crippen molar-refractivity contribution in [2.75, 3.05) is 12.4 Å². The van der Waals surface area contributed by atoms with E-state index in [9.17, 15) is 19.5 Å². The summed E-state index contributed by atoms with van der Waals surface area (Å²) in [6.07, 6.45) is -0.690. The molecule has 0 aliphatic carbocycles. The number of amides is 3. The highest BCUT2D eigenvalue weighted by molar-refractivity contribution is 7.13. The number of β-amino-alcohol motifs (C(OH)–C–C–N with tert-alkyl or cyclic N) is 1. The summed E-state index contributed by atoms with van der Waals surface area (Å²) < 4.78 is 0. The number of aromatic nitrogens is 1. The molecule has 190 valence electrons. The summed E-state index contributed by atoms with van der Waals surface area (Å²) in [7, 11) is 0. The SMILES string of the molecule is Cc1ncsc1-c1ccc([C@H](C)NC(=O)[C@@H]2C[C@@H](O)CN2C(=O)[C@@H](NC(=O)CCl)C(C)(C)C)cc1. The van der Waals surface area contributed by atoms with Crippen molar-refractivity contribution in [1.29, 1.82) is 0 Å². The van der Waals surface area contributed by atoms with Crippen molar-refractivity contribution in [3.8, 4) is 10.4 Å². The van der Waals surface area contributed by atoms with E-state index in [0.717, 1.165) is 21.7 Å². The third-order valence-corrected chi connectivity index (χ3v) is 7.40. The molecule has 1 fully saturated rings. The van der Waals surface area contributed by atoms with Crippen molar-refractivity contribution in [2.24, 2.45) is 5.41 Å². The molecular formula is C25H33ClN4O4S. The number of aliphatic hydroxyl groups is 1. The van der Waals surface area contributed by atoms with Crippen LogP contribution in [0.3, 0.4) is 0 Å². The van der Waals surface area contributed by atoms with E-state index in [4.69, 9.17) is 11.6 Å². The summed E-state index contributed by atoms with van der Waals surface area (Å²) in [5.41, 5.74) is 4.16. The fraction of sp³-hybridized carbons (Fsp3) is 0.520. The lowest BCUT2D eigenvalue weighted by atomic mass is 9.85. The predicted octanol–water partition coefficient (Wildman–Crippen LogP) is 3.03. The van der Waals surface area contributed by atoms with Gasteiger partial charge >= 0.3 is 0 Å². The van der Waals surface area contributed by atoms with Gasteiger partial charge in [-0.3, -0.25) is 14.4 Å². The lowest BCUT2D eigenvalue weighted by Crippen LogP contribution is -2.58. The van der Waals surface area contributed by atoms with Gasteiger partial charge < -0.3 is 20.6 Å². The molecule has 3 amide bonds. The topological polar surface area (TPSA) is 112 Å². The van der Waals surface area contributed by atoms with Gasteiger partial charge in [0.1, 0.15) is 18.0 Å². The Morgan fingerprint density at radius 2 is 1.89 bits per heavy atom. The van der Waals surface area contributed by atoms with Gasteiger partial charge in [-0.25, -0.2) is 4.98 Å². The Kier molecular flexibility index (Phi) is 8.56. The highest BCUT2D eigenvalue weighted by Crippen LogP contribution is 2.29. The van der Waals surface area contributed by atoms with E-state index >= 15 is 0 Å². The number of thiazole rings is 1. The fourth-order valence-corrected chi connectivity index (χ4v) is 5.10. The number of hydrogen-bond donors (Lipinski definition) is 3. The average Bonchev–Trinajstić information content (AvgIpc) is 3.41. The Labute approximate surface area is 215 Å². The van der Waals surface area contributed by atoms with Crippen LogP contribution in [0.2, 0.25) is 0 Å². The van der Waals surface area contributed by atoms with E-state index in [1.165, 1.54) is 4.90 Å². The van der Waals surface area contributed by atoms with Gasteiger partial charge in [-0.15, -0.1) is 22.9 Å². The Morgan fingerprint density at radius 3 is 2.43 bits per heavy atom. The first-order valence-corrected chi connectivity index (χ1v) is 13.0. The van der Waals surface area contributed by atoms with Gasteiger partial charge in [-0.05, 0) is 30.4 Å². The molecule has 1 aromatic carbocycles. The molecule has 3 rings (SSSR count). The molecule has 0 unspecified atom stereocenters. The van der Waals surface area contributed by atoms with Crippen LogP contribution in [0.15, 0.2) is 29.8 Å². The number of carbonyl (C=O) groups is 3. The minimum absolute atomic E-state index is 0.0253. The van der Waals surface area contributed by atoms with Crippen molar-refractivity contribution in [2.45, 2.75) is 65.3 Å². The van der Waals surface area contributed by atoms with Gasteiger partial charge in [0.25, 0.3) is 0 Å². The number of nitrogens with one attached hydrogen (secondary N) is 2. The number of halogens is 1. The first-order valence-electron chi connectivity index (χ1n) is 11.6. The highest BCUT2D eigenvalue weighted by Gasteiger charge is 2.44. The van der Waals surface area contributed by atoms with Crippen LogP contribution in [0, 0.1) is 12.3 Å². The summed E-state index contributed by atoms with van der Waals surface area (Å²) in [6.45, 7) is 9.34. The monoisotopic (exact) mass is 520 g/mol. The van der Waals surface area contributed by atoms with Crippen LogP contribution in [0.1, 0.15) is 51.4 Å². The van der Waals surface area contributed by atoms with E-state index in [0.29, 0.717) is 0 Å². The maximum atomic E-state index is 13.4. The van der Waals surface area contributed by atoms with Crippen molar-refractivity contribution >= 4 is 40.7 Å². The minimum Gasteiger partial charge on any atom is -0.391 e. The van der Waals surface area contributed by atoms with Gasteiger partial charge in [0.2, 0.25) is 17.7 Å². The lowest BCUT2D eigenvalue weighted by Gasteiger charge is -2.35. The van der Waals surface area contributed by atoms with Crippen molar-refractivity contribution in [3.63, 3.8) is 0 Å². The maximum Gasteiger partial charge on any atom is 0.246 e. The molecule has 0 spiro atoms. The Morgan fingerprint density at radius 1 is 1.23 bits per heavy atom. The number of nitrogens with zero attached hydrogens (tertiary/aromatic N) is 2. The quantitative estimate of drug-likeness (QED) is 0.486. The molecule has 2 aromatic rings. The second-order valence-corrected chi connectivity index (χ2v) is 11.1. The molecule has 0 bridgehead atoms. The maximum absolute atomic E-state index is 13.4. The summed E-state index contributed by atoms with van der Waals surface area (Å²) in [5.74, 6) is -1.50. The molecule has 3 N–H and O–H groups in total. The number of alkyl halides is 1. The average molecular weight is 521 g/mol. The Balaban J connectivity index is 1.73. The number of hydrogen-bond acceptors (Lipinski definition) is 6. The number of aliphatic hydroxyl groups excluding tert-OH is 1. The van der Waals surface area contributed by atoms with E-state index in [-0.39, 0.29) is 30.8 Å². The first kappa shape index (κ1) is 27.1. The van der Waals surface area contributed by atoms with Crippen LogP contribution in [-0.2, 0) is 14.4 Å². The molecule has 8 nitrogen and oxygen atoms in total. The van der Waals surface area contributed by atoms with Gasteiger partial charge in [0.15, 0.2) is 0 Å². The molecule has 1 aliphatic rings. The highest BCUT2D eigenvalue weighted by atomic mass is 35.5. The zero-order valence-corrected chi connectivity index (χ0v) is 22.2. The zero-order chi connectivity index (χ0) is 25.9. The first-order chi connectivity index (χ1) is 16.4. The zero-order valence-electron chi connectivity index (χ0n) is 20.7. The largest absolute Gasteiger partial charge is 0.391 e. The molecule has 0 saturated carbocycles. The standard InChI is InChI=1S/C25H33ClN4O4S/c1-14(16-6-8-17(9-7-16)21-15(2)27-13-35-21)28-23(33)19-10-18(31)12-30(19)24(34)22(25(3,4)5)29-20(32)11-26/h6-9,13-14,18-19,22,31H,10-12H2,1-5H3,(H,28,33)(H,29,32)/t14-,18+,19-,22+/m0/s1. The van der Waals surface area contributed by atoms with Crippen LogP contribution in [0.5, 0.6) is 0 Å². The lowest BCUT2D eigenvalue weighted by molar-refractivity contribution is -0.143. The van der Waals surface area contributed by atoms with Crippen molar-refractivity contribution < 1.29 is 19.5 Å². The molecule has 4 atom stereocenters. The van der Waals surface area contributed by atoms with Crippen LogP contribution < -0.4 is 10.6 Å². The third kappa shape index (κ3) is 6.39. The van der Waals surface area contributed by atoms with Gasteiger partial charge in [-0.2, -0.15) is 0 Å². The van der Waals surface area contributed by atoms with Crippen molar-refractivity contribution in [3.05, 3.63) is 41.0 Å². The van der Waals surface area contributed by atoms with Gasteiger partial charge in [0, 0.05) is 13.0 Å². The van der Waals surface area contributed by atoms with E-state index in [1.54, 1.807) is 11.3 Å². The molecule has 1 aromatic heterocycles. The normalized spacial score (nSPS) is 19.8. The summed E-state index contributed by atoms with van der Waals surface area (Å²) >= 11 is 7.21. The Bertz CT molecular complexity index is 1070. The van der Waals surface area contributed by atoms with Crippen LogP contribution >= 0.6 is 22.9 Å². The summed E-state index contributed by atoms with van der Waals surface area (Å²) in [6, 6.07) is 5.91. The van der Waals surface area contributed by atoms with Crippen LogP contribution in [0.4, 0.5) is 0 Å². The molecule has 1 saturated heterocycles. The summed E-state index contributed by atoms with van der Waals surface area (Å²) in [4.78, 5) is 45.3. The van der Waals surface area contributed by atoms with E-state index in [2.05, 4.69) is 15.6 Å². The number of carbonyl (C=O) groups excluding carboxylic acids is 3. The second kappa shape index (κ2) is 11.1. The predicted molar refractivity (Wildman–Crippen MR) is 137 cm³/mol. The van der Waals surface area contributed by atoms with Crippen LogP contribution in [-0.4, -0.2) is 63.3 Å². The number of likely N-dealkylation sites (tertiary alicyclic amines) is 1. The number of benzene rings is 1. The molecule has 1 aliphatic heterocycles. The summed E-state index contributed by atoms with van der Waals surface area (Å²) in [5, 5.41) is 15.9. The molecule has 2 heterocycles.